The van der Waals surface area contributed by atoms with Crippen LogP contribution >= 0.6 is 0 Å². The minimum Gasteiger partial charge on any atom is -0.448 e. The Morgan fingerprint density at radius 3 is 2.45 bits per heavy atom. The molecule has 0 radical (unpaired) electrons. The molecule has 1 heterocycles. The van der Waals surface area contributed by atoms with Crippen LogP contribution in [0.5, 0.6) is 0 Å². The van der Waals surface area contributed by atoms with E-state index in [0.717, 1.165) is 0 Å². The van der Waals surface area contributed by atoms with Gasteiger partial charge >= 0.3 is 5.97 Å². The van der Waals surface area contributed by atoms with Crippen molar-refractivity contribution in [1.82, 2.24) is 4.57 Å². The van der Waals surface area contributed by atoms with Crippen LogP contribution in [-0.4, -0.2) is 22.5 Å². The van der Waals surface area contributed by atoms with E-state index in [2.05, 4.69) is 5.32 Å². The monoisotopic (exact) mass is 272 g/mol. The van der Waals surface area contributed by atoms with Crippen molar-refractivity contribution in [3.8, 4) is 0 Å². The van der Waals surface area contributed by atoms with Crippen molar-refractivity contribution in [3.63, 3.8) is 0 Å². The Balaban J connectivity index is 1.95. The SMILES string of the molecule is C[C@H](OC(=O)c1cccn1C)C(=O)Nc1ccccc1. The zero-order chi connectivity index (χ0) is 14.5. The number of carbonyl (C=O) groups is 2. The minimum absolute atomic E-state index is 0.362. The quantitative estimate of drug-likeness (QED) is 0.868. The lowest BCUT2D eigenvalue weighted by Crippen LogP contribution is -2.30. The minimum atomic E-state index is -0.863. The van der Waals surface area contributed by atoms with Crippen LogP contribution in [0.2, 0.25) is 0 Å². The molecule has 2 rings (SSSR count). The van der Waals surface area contributed by atoms with Gasteiger partial charge in [0, 0.05) is 18.9 Å². The molecule has 20 heavy (non-hydrogen) atoms. The highest BCUT2D eigenvalue weighted by Gasteiger charge is 2.20. The third-order valence-electron chi connectivity index (χ3n) is 2.85. The molecule has 0 saturated heterocycles. The van der Waals surface area contributed by atoms with E-state index in [9.17, 15) is 9.59 Å². The summed E-state index contributed by atoms with van der Waals surface area (Å²) in [5.41, 5.74) is 1.07. The molecule has 0 unspecified atom stereocenters. The van der Waals surface area contributed by atoms with Crippen LogP contribution in [0.3, 0.4) is 0 Å². The van der Waals surface area contributed by atoms with Crippen molar-refractivity contribution in [2.45, 2.75) is 13.0 Å². The summed E-state index contributed by atoms with van der Waals surface area (Å²) < 4.78 is 6.78. The standard InChI is InChI=1S/C15H16N2O3/c1-11(14(18)16-12-7-4-3-5-8-12)20-15(19)13-9-6-10-17(13)2/h3-11H,1-2H3,(H,16,18)/t11-/m0/s1. The molecular weight excluding hydrogens is 256 g/mol. The van der Waals surface area contributed by atoms with Crippen LogP contribution in [-0.2, 0) is 16.6 Å². The van der Waals surface area contributed by atoms with Gasteiger partial charge in [-0.1, -0.05) is 18.2 Å². The summed E-state index contributed by atoms with van der Waals surface area (Å²) in [6.07, 6.45) is 0.878. The number of esters is 1. The van der Waals surface area contributed by atoms with E-state index in [0.29, 0.717) is 11.4 Å². The van der Waals surface area contributed by atoms with Crippen molar-refractivity contribution in [2.24, 2.45) is 7.05 Å². The molecule has 104 valence electrons. The largest absolute Gasteiger partial charge is 0.448 e. The van der Waals surface area contributed by atoms with Gasteiger partial charge in [-0.3, -0.25) is 4.79 Å². The van der Waals surface area contributed by atoms with Gasteiger partial charge in [0.2, 0.25) is 0 Å². The van der Waals surface area contributed by atoms with Gasteiger partial charge in [-0.15, -0.1) is 0 Å². The molecule has 0 aliphatic carbocycles. The number of rotatable bonds is 4. The first-order valence-electron chi connectivity index (χ1n) is 6.26. The lowest BCUT2D eigenvalue weighted by Gasteiger charge is -2.13. The lowest BCUT2D eigenvalue weighted by atomic mass is 10.3. The Bertz CT molecular complexity index is 605. The van der Waals surface area contributed by atoms with Crippen LogP contribution in [0.25, 0.3) is 0 Å². The molecule has 1 aromatic heterocycles. The van der Waals surface area contributed by atoms with E-state index >= 15 is 0 Å². The summed E-state index contributed by atoms with van der Waals surface area (Å²) in [4.78, 5) is 23.8. The normalized spacial score (nSPS) is 11.7. The average molecular weight is 272 g/mol. The number of benzene rings is 1. The summed E-state index contributed by atoms with van der Waals surface area (Å²) in [6, 6.07) is 12.4. The van der Waals surface area contributed by atoms with Crippen molar-refractivity contribution in [3.05, 3.63) is 54.4 Å². The third-order valence-corrected chi connectivity index (χ3v) is 2.85. The fourth-order valence-electron chi connectivity index (χ4n) is 1.71. The number of aromatic nitrogens is 1. The van der Waals surface area contributed by atoms with Gasteiger partial charge in [0.15, 0.2) is 6.10 Å². The van der Waals surface area contributed by atoms with E-state index in [-0.39, 0.29) is 5.91 Å². The Hall–Kier alpha value is -2.56. The van der Waals surface area contributed by atoms with Gasteiger partial charge in [0.25, 0.3) is 5.91 Å². The molecule has 0 spiro atoms. The summed E-state index contributed by atoms with van der Waals surface area (Å²) in [6.45, 7) is 1.54. The van der Waals surface area contributed by atoms with Gasteiger partial charge in [-0.2, -0.15) is 0 Å². The van der Waals surface area contributed by atoms with Gasteiger partial charge in [0.05, 0.1) is 0 Å². The van der Waals surface area contributed by atoms with Crippen molar-refractivity contribution in [1.29, 1.82) is 0 Å². The number of nitrogens with zero attached hydrogens (tertiary/aromatic N) is 1. The fourth-order valence-corrected chi connectivity index (χ4v) is 1.71. The van der Waals surface area contributed by atoms with Gasteiger partial charge in [0.1, 0.15) is 5.69 Å². The van der Waals surface area contributed by atoms with E-state index in [1.807, 2.05) is 18.2 Å². The Kier molecular flexibility index (Phi) is 4.20. The van der Waals surface area contributed by atoms with E-state index in [1.165, 1.54) is 0 Å². The van der Waals surface area contributed by atoms with E-state index in [1.54, 1.807) is 49.0 Å². The maximum atomic E-state index is 11.9. The molecule has 1 aromatic carbocycles. The zero-order valence-electron chi connectivity index (χ0n) is 11.4. The number of anilines is 1. The lowest BCUT2D eigenvalue weighted by molar-refractivity contribution is -0.123. The van der Waals surface area contributed by atoms with Crippen molar-refractivity contribution in [2.75, 3.05) is 5.32 Å². The molecule has 1 atom stereocenters. The summed E-state index contributed by atoms with van der Waals surface area (Å²) in [5, 5.41) is 2.68. The second-order valence-corrected chi connectivity index (χ2v) is 4.41. The summed E-state index contributed by atoms with van der Waals surface area (Å²) in [5.74, 6) is -0.882. The topological polar surface area (TPSA) is 60.3 Å². The molecule has 0 aliphatic heterocycles. The molecule has 0 bridgehead atoms. The number of para-hydroxylation sites is 1. The molecular formula is C15H16N2O3. The van der Waals surface area contributed by atoms with Gasteiger partial charge < -0.3 is 14.6 Å². The number of aryl methyl sites for hydroxylation is 1. The smallest absolute Gasteiger partial charge is 0.355 e. The average Bonchev–Trinajstić information content (AvgIpc) is 2.86. The van der Waals surface area contributed by atoms with Crippen molar-refractivity contribution >= 4 is 17.6 Å². The summed E-state index contributed by atoms with van der Waals surface area (Å²) >= 11 is 0. The molecule has 1 amide bonds. The number of carbonyl (C=O) groups excluding carboxylic acids is 2. The molecule has 1 N–H and O–H groups in total. The Labute approximate surface area is 117 Å². The highest BCUT2D eigenvalue weighted by molar-refractivity contribution is 5.96. The van der Waals surface area contributed by atoms with Gasteiger partial charge in [-0.05, 0) is 31.2 Å². The maximum Gasteiger partial charge on any atom is 0.355 e. The van der Waals surface area contributed by atoms with Crippen LogP contribution in [0.4, 0.5) is 5.69 Å². The number of hydrogen-bond donors (Lipinski definition) is 1. The second-order valence-electron chi connectivity index (χ2n) is 4.41. The first-order valence-corrected chi connectivity index (χ1v) is 6.26. The maximum absolute atomic E-state index is 11.9. The molecule has 0 aliphatic rings. The third kappa shape index (κ3) is 3.26. The Morgan fingerprint density at radius 2 is 1.85 bits per heavy atom. The molecule has 0 saturated carbocycles. The number of amides is 1. The number of nitrogens with one attached hydrogen (secondary N) is 1. The van der Waals surface area contributed by atoms with Gasteiger partial charge in [-0.25, -0.2) is 4.79 Å². The van der Waals surface area contributed by atoms with E-state index in [4.69, 9.17) is 4.74 Å². The predicted octanol–water partition coefficient (Wildman–Crippen LogP) is 2.21. The van der Waals surface area contributed by atoms with Crippen LogP contribution < -0.4 is 5.32 Å². The van der Waals surface area contributed by atoms with E-state index < -0.39 is 12.1 Å². The highest BCUT2D eigenvalue weighted by Crippen LogP contribution is 2.08. The molecule has 5 heteroatoms. The van der Waals surface area contributed by atoms with Crippen LogP contribution in [0.15, 0.2) is 48.7 Å². The zero-order valence-corrected chi connectivity index (χ0v) is 11.4. The fraction of sp³-hybridized carbons (Fsp3) is 0.200. The highest BCUT2D eigenvalue weighted by atomic mass is 16.5. The van der Waals surface area contributed by atoms with Crippen LogP contribution in [0, 0.1) is 0 Å². The Morgan fingerprint density at radius 1 is 1.15 bits per heavy atom. The predicted molar refractivity (Wildman–Crippen MR) is 75.4 cm³/mol. The first-order chi connectivity index (χ1) is 9.58. The van der Waals surface area contributed by atoms with Crippen LogP contribution in [0.1, 0.15) is 17.4 Å². The second kappa shape index (κ2) is 6.06. The molecule has 5 nitrogen and oxygen atoms in total. The first kappa shape index (κ1) is 13.9. The van der Waals surface area contributed by atoms with Crippen molar-refractivity contribution < 1.29 is 14.3 Å². The summed E-state index contributed by atoms with van der Waals surface area (Å²) in [7, 11) is 1.74. The molecule has 0 fully saturated rings. The number of hydrogen-bond acceptors (Lipinski definition) is 3. The number of ether oxygens (including phenoxy) is 1. The molecule has 2 aromatic rings.